The van der Waals surface area contributed by atoms with Gasteiger partial charge in [0.05, 0.1) is 12.2 Å². The van der Waals surface area contributed by atoms with Crippen molar-refractivity contribution in [3.05, 3.63) is 0 Å². The maximum absolute atomic E-state index is 10.3. The van der Waals surface area contributed by atoms with Crippen LogP contribution in [0.5, 0.6) is 0 Å². The Morgan fingerprint density at radius 1 is 1.19 bits per heavy atom. The molecule has 0 aromatic rings. The van der Waals surface area contributed by atoms with Gasteiger partial charge in [-0.1, -0.05) is 13.8 Å². The third-order valence-electron chi connectivity index (χ3n) is 4.53. The van der Waals surface area contributed by atoms with Crippen molar-refractivity contribution in [2.75, 3.05) is 20.2 Å². The van der Waals surface area contributed by atoms with Gasteiger partial charge >= 0.3 is 0 Å². The lowest BCUT2D eigenvalue weighted by Gasteiger charge is -2.38. The molecule has 2 atom stereocenters. The van der Waals surface area contributed by atoms with Crippen LogP contribution in [0.1, 0.15) is 39.5 Å². The van der Waals surface area contributed by atoms with E-state index in [0.717, 1.165) is 38.8 Å². The third-order valence-corrected chi connectivity index (χ3v) is 4.53. The first-order valence-corrected chi connectivity index (χ1v) is 6.49. The summed E-state index contributed by atoms with van der Waals surface area (Å²) in [5.74, 6) is 0. The summed E-state index contributed by atoms with van der Waals surface area (Å²) in [5, 5.41) is 10.3. The van der Waals surface area contributed by atoms with Crippen molar-refractivity contribution in [3.63, 3.8) is 0 Å². The van der Waals surface area contributed by atoms with Crippen LogP contribution in [0.2, 0.25) is 0 Å². The van der Waals surface area contributed by atoms with E-state index in [4.69, 9.17) is 4.74 Å². The fourth-order valence-electron chi connectivity index (χ4n) is 3.17. The molecule has 0 aromatic carbocycles. The standard InChI is InChI=1S/C13H25NO2/c1-13(2)7-4-11(12(13)15)14-8-5-10(16-3)6-9-14/h10-12,15H,4-9H2,1-3H3. The number of piperidine rings is 1. The highest BCUT2D eigenvalue weighted by atomic mass is 16.5. The van der Waals surface area contributed by atoms with Crippen molar-refractivity contribution >= 4 is 0 Å². The zero-order chi connectivity index (χ0) is 11.8. The highest BCUT2D eigenvalue weighted by Crippen LogP contribution is 2.40. The summed E-state index contributed by atoms with van der Waals surface area (Å²) in [5.41, 5.74) is 0.1000. The number of rotatable bonds is 2. The van der Waals surface area contributed by atoms with Gasteiger partial charge in [-0.2, -0.15) is 0 Å². The molecule has 0 amide bonds. The number of hydrogen-bond donors (Lipinski definition) is 1. The van der Waals surface area contributed by atoms with E-state index in [1.165, 1.54) is 0 Å². The van der Waals surface area contributed by atoms with Gasteiger partial charge in [-0.3, -0.25) is 4.90 Å². The largest absolute Gasteiger partial charge is 0.391 e. The molecular weight excluding hydrogens is 202 g/mol. The zero-order valence-electron chi connectivity index (χ0n) is 10.8. The molecule has 1 aliphatic carbocycles. The molecule has 2 aliphatic rings. The van der Waals surface area contributed by atoms with Crippen LogP contribution in [0.25, 0.3) is 0 Å². The van der Waals surface area contributed by atoms with Gasteiger partial charge in [0.15, 0.2) is 0 Å². The molecule has 0 radical (unpaired) electrons. The third kappa shape index (κ3) is 2.27. The summed E-state index contributed by atoms with van der Waals surface area (Å²) in [6.07, 6.45) is 4.78. The van der Waals surface area contributed by atoms with Crippen LogP contribution in [-0.2, 0) is 4.74 Å². The van der Waals surface area contributed by atoms with Crippen LogP contribution >= 0.6 is 0 Å². The van der Waals surface area contributed by atoms with Gasteiger partial charge in [-0.15, -0.1) is 0 Å². The Balaban J connectivity index is 1.90. The highest BCUT2D eigenvalue weighted by Gasteiger charge is 2.43. The quantitative estimate of drug-likeness (QED) is 0.778. The van der Waals surface area contributed by atoms with Crippen LogP contribution < -0.4 is 0 Å². The summed E-state index contributed by atoms with van der Waals surface area (Å²) in [6, 6.07) is 0.382. The van der Waals surface area contributed by atoms with E-state index in [1.807, 2.05) is 0 Å². The molecule has 1 saturated heterocycles. The Morgan fingerprint density at radius 3 is 2.25 bits per heavy atom. The number of aliphatic hydroxyl groups is 1. The zero-order valence-corrected chi connectivity index (χ0v) is 10.8. The average molecular weight is 227 g/mol. The lowest BCUT2D eigenvalue weighted by Crippen LogP contribution is -2.48. The Labute approximate surface area is 98.8 Å². The van der Waals surface area contributed by atoms with Gasteiger partial charge < -0.3 is 9.84 Å². The number of aliphatic hydroxyl groups excluding tert-OH is 1. The molecule has 2 unspecified atom stereocenters. The van der Waals surface area contributed by atoms with Crippen molar-refractivity contribution < 1.29 is 9.84 Å². The predicted molar refractivity (Wildman–Crippen MR) is 64.4 cm³/mol. The molecule has 1 saturated carbocycles. The Morgan fingerprint density at radius 2 is 1.81 bits per heavy atom. The minimum Gasteiger partial charge on any atom is -0.391 e. The molecule has 3 nitrogen and oxygen atoms in total. The smallest absolute Gasteiger partial charge is 0.0746 e. The number of methoxy groups -OCH3 is 1. The molecule has 94 valence electrons. The fraction of sp³-hybridized carbons (Fsp3) is 1.00. The van der Waals surface area contributed by atoms with Crippen LogP contribution in [-0.4, -0.2) is 48.5 Å². The summed E-state index contributed by atoms with van der Waals surface area (Å²) < 4.78 is 5.38. The van der Waals surface area contributed by atoms with E-state index < -0.39 is 0 Å². The first-order chi connectivity index (χ1) is 7.54. The monoisotopic (exact) mass is 227 g/mol. The second kappa shape index (κ2) is 4.63. The van der Waals surface area contributed by atoms with E-state index in [2.05, 4.69) is 18.7 Å². The first kappa shape index (κ1) is 12.3. The summed E-state index contributed by atoms with van der Waals surface area (Å²) in [4.78, 5) is 2.47. The molecule has 2 fully saturated rings. The van der Waals surface area contributed by atoms with Crippen molar-refractivity contribution in [1.29, 1.82) is 0 Å². The fourth-order valence-corrected chi connectivity index (χ4v) is 3.17. The number of nitrogens with zero attached hydrogens (tertiary/aromatic N) is 1. The van der Waals surface area contributed by atoms with Gasteiger partial charge in [0, 0.05) is 26.2 Å². The van der Waals surface area contributed by atoms with E-state index in [-0.39, 0.29) is 11.5 Å². The van der Waals surface area contributed by atoms with Gasteiger partial charge in [0.1, 0.15) is 0 Å². The molecule has 0 aromatic heterocycles. The lowest BCUT2D eigenvalue weighted by atomic mass is 9.88. The Hall–Kier alpha value is -0.120. The number of hydrogen-bond acceptors (Lipinski definition) is 3. The maximum atomic E-state index is 10.3. The molecule has 1 N–H and O–H groups in total. The van der Waals surface area contributed by atoms with Crippen LogP contribution in [0.3, 0.4) is 0 Å². The number of likely N-dealkylation sites (tertiary alicyclic amines) is 1. The van der Waals surface area contributed by atoms with Crippen LogP contribution in [0.15, 0.2) is 0 Å². The Bertz CT molecular complexity index is 234. The van der Waals surface area contributed by atoms with Gasteiger partial charge in [-0.25, -0.2) is 0 Å². The maximum Gasteiger partial charge on any atom is 0.0746 e. The minimum absolute atomic E-state index is 0.1000. The molecular formula is C13H25NO2. The second-order valence-electron chi connectivity index (χ2n) is 6.01. The summed E-state index contributed by atoms with van der Waals surface area (Å²) in [7, 11) is 1.80. The van der Waals surface area contributed by atoms with Crippen molar-refractivity contribution in [1.82, 2.24) is 4.90 Å². The van der Waals surface area contributed by atoms with E-state index in [0.29, 0.717) is 12.1 Å². The SMILES string of the molecule is COC1CCN(C2CCC(C)(C)C2O)CC1. The molecule has 0 spiro atoms. The lowest BCUT2D eigenvalue weighted by molar-refractivity contribution is -0.0189. The highest BCUT2D eigenvalue weighted by molar-refractivity contribution is 4.97. The predicted octanol–water partition coefficient (Wildman–Crippen LogP) is 1.65. The van der Waals surface area contributed by atoms with Gasteiger partial charge in [-0.05, 0) is 31.1 Å². The molecule has 16 heavy (non-hydrogen) atoms. The first-order valence-electron chi connectivity index (χ1n) is 6.49. The van der Waals surface area contributed by atoms with Crippen molar-refractivity contribution in [3.8, 4) is 0 Å². The van der Waals surface area contributed by atoms with E-state index >= 15 is 0 Å². The summed E-state index contributed by atoms with van der Waals surface area (Å²) in [6.45, 7) is 6.52. The molecule has 2 rings (SSSR count). The minimum atomic E-state index is -0.161. The molecule has 0 bridgehead atoms. The Kier molecular flexibility index (Phi) is 3.57. The number of ether oxygens (including phenoxy) is 1. The van der Waals surface area contributed by atoms with Crippen LogP contribution in [0.4, 0.5) is 0 Å². The second-order valence-corrected chi connectivity index (χ2v) is 6.01. The molecule has 1 heterocycles. The normalized spacial score (nSPS) is 36.8. The van der Waals surface area contributed by atoms with Crippen molar-refractivity contribution in [2.24, 2.45) is 5.41 Å². The van der Waals surface area contributed by atoms with E-state index in [1.54, 1.807) is 7.11 Å². The summed E-state index contributed by atoms with van der Waals surface area (Å²) >= 11 is 0. The van der Waals surface area contributed by atoms with Gasteiger partial charge in [0.25, 0.3) is 0 Å². The molecule has 1 aliphatic heterocycles. The van der Waals surface area contributed by atoms with Crippen LogP contribution in [0, 0.1) is 5.41 Å². The topological polar surface area (TPSA) is 32.7 Å². The average Bonchev–Trinajstić information content (AvgIpc) is 2.55. The van der Waals surface area contributed by atoms with E-state index in [9.17, 15) is 5.11 Å². The van der Waals surface area contributed by atoms with Crippen molar-refractivity contribution in [2.45, 2.75) is 57.8 Å². The van der Waals surface area contributed by atoms with Gasteiger partial charge in [0.2, 0.25) is 0 Å². The molecule has 3 heteroatoms.